The van der Waals surface area contributed by atoms with Gasteiger partial charge < -0.3 is 10.2 Å². The second kappa shape index (κ2) is 6.02. The summed E-state index contributed by atoms with van der Waals surface area (Å²) in [7, 11) is -3.27. The first-order chi connectivity index (χ1) is 8.59. The van der Waals surface area contributed by atoms with Crippen LogP contribution in [0, 0.1) is 0 Å². The predicted molar refractivity (Wildman–Crippen MR) is 70.1 cm³/mol. The first-order valence-electron chi connectivity index (χ1n) is 6.80. The zero-order valence-electron chi connectivity index (χ0n) is 10.7. The summed E-state index contributed by atoms with van der Waals surface area (Å²) in [5, 5.41) is 2.86. The summed E-state index contributed by atoms with van der Waals surface area (Å²) in [6.45, 7) is 3.06. The summed E-state index contributed by atoms with van der Waals surface area (Å²) in [6, 6.07) is 0. The van der Waals surface area contributed by atoms with E-state index in [1.807, 2.05) is 0 Å². The molecule has 0 saturated carbocycles. The van der Waals surface area contributed by atoms with Crippen molar-refractivity contribution in [3.8, 4) is 0 Å². The Bertz CT molecular complexity index is 380. The Morgan fingerprint density at radius 1 is 1.11 bits per heavy atom. The van der Waals surface area contributed by atoms with Gasteiger partial charge >= 0.3 is 0 Å². The summed E-state index contributed by atoms with van der Waals surface area (Å²) in [5.41, 5.74) is 0. The maximum absolute atomic E-state index is 12.2. The molecule has 0 aromatic heterocycles. The van der Waals surface area contributed by atoms with E-state index in [1.54, 1.807) is 4.90 Å². The van der Waals surface area contributed by atoms with E-state index in [0.717, 1.165) is 45.4 Å². The molecule has 104 valence electrons. The zero-order chi connectivity index (χ0) is 13.0. The van der Waals surface area contributed by atoms with Gasteiger partial charge in [-0.25, -0.2) is 8.42 Å². The number of nitrogens with zero attached hydrogens (tertiary/aromatic N) is 1. The minimum atomic E-state index is -3.27. The van der Waals surface area contributed by atoms with Crippen molar-refractivity contribution in [2.45, 2.75) is 37.4 Å². The third kappa shape index (κ3) is 3.45. The van der Waals surface area contributed by atoms with E-state index in [-0.39, 0.29) is 16.9 Å². The van der Waals surface area contributed by atoms with Crippen molar-refractivity contribution in [3.63, 3.8) is 0 Å². The van der Waals surface area contributed by atoms with Crippen molar-refractivity contribution >= 4 is 15.7 Å². The lowest BCUT2D eigenvalue weighted by atomic mass is 10.2. The number of sulfone groups is 1. The fraction of sp³-hybridized carbons (Fsp3) is 0.917. The van der Waals surface area contributed by atoms with Crippen molar-refractivity contribution < 1.29 is 13.2 Å². The minimum absolute atomic E-state index is 0.204. The van der Waals surface area contributed by atoms with Gasteiger partial charge in [-0.15, -0.1) is 0 Å². The van der Waals surface area contributed by atoms with Gasteiger partial charge in [-0.1, -0.05) is 0 Å². The normalized spacial score (nSPS) is 26.0. The number of hydrogen-bond donors (Lipinski definition) is 1. The van der Waals surface area contributed by atoms with E-state index in [0.29, 0.717) is 12.8 Å². The average molecular weight is 274 g/mol. The highest BCUT2D eigenvalue weighted by molar-refractivity contribution is 7.92. The molecule has 2 saturated heterocycles. The Hall–Kier alpha value is -0.620. The van der Waals surface area contributed by atoms with E-state index >= 15 is 0 Å². The molecular formula is C12H22N2O3S. The molecule has 1 atom stereocenters. The summed E-state index contributed by atoms with van der Waals surface area (Å²) in [4.78, 5) is 13.6. The molecule has 2 aliphatic heterocycles. The SMILES string of the molecule is O=C(CS(=O)(=O)C1CCCNCC1)N1CCCC1. The molecule has 2 rings (SSSR count). The lowest BCUT2D eigenvalue weighted by Crippen LogP contribution is -2.37. The van der Waals surface area contributed by atoms with E-state index in [4.69, 9.17) is 0 Å². The van der Waals surface area contributed by atoms with Gasteiger partial charge in [-0.2, -0.15) is 0 Å². The number of amides is 1. The van der Waals surface area contributed by atoms with Crippen LogP contribution in [0.2, 0.25) is 0 Å². The van der Waals surface area contributed by atoms with Crippen molar-refractivity contribution in [3.05, 3.63) is 0 Å². The molecular weight excluding hydrogens is 252 g/mol. The van der Waals surface area contributed by atoms with Crippen LogP contribution < -0.4 is 5.32 Å². The van der Waals surface area contributed by atoms with Crippen LogP contribution >= 0.6 is 0 Å². The molecule has 0 aromatic rings. The molecule has 0 aliphatic carbocycles. The van der Waals surface area contributed by atoms with Crippen LogP contribution in [0.4, 0.5) is 0 Å². The standard InChI is InChI=1S/C12H22N2O3S/c15-12(14-8-1-2-9-14)10-18(16,17)11-4-3-6-13-7-5-11/h11,13H,1-10H2. The maximum atomic E-state index is 12.2. The number of rotatable bonds is 3. The molecule has 1 N–H and O–H groups in total. The molecule has 5 nitrogen and oxygen atoms in total. The monoisotopic (exact) mass is 274 g/mol. The number of carbonyl (C=O) groups excluding carboxylic acids is 1. The van der Waals surface area contributed by atoms with Gasteiger partial charge in [0.05, 0.1) is 5.25 Å². The van der Waals surface area contributed by atoms with E-state index in [2.05, 4.69) is 5.32 Å². The van der Waals surface area contributed by atoms with Crippen LogP contribution in [0.5, 0.6) is 0 Å². The Balaban J connectivity index is 1.94. The van der Waals surface area contributed by atoms with Gasteiger partial charge in [-0.3, -0.25) is 4.79 Å². The second-order valence-corrected chi connectivity index (χ2v) is 7.48. The molecule has 6 heteroatoms. The van der Waals surface area contributed by atoms with Gasteiger partial charge in [-0.05, 0) is 45.2 Å². The third-order valence-corrected chi connectivity index (χ3v) is 5.95. The topological polar surface area (TPSA) is 66.5 Å². The average Bonchev–Trinajstić information content (AvgIpc) is 2.70. The predicted octanol–water partition coefficient (Wildman–Crippen LogP) is 0.166. The summed E-state index contributed by atoms with van der Waals surface area (Å²) in [5.74, 6) is -0.498. The van der Waals surface area contributed by atoms with Crippen LogP contribution in [-0.4, -0.2) is 56.4 Å². The molecule has 18 heavy (non-hydrogen) atoms. The van der Waals surface area contributed by atoms with Crippen molar-refractivity contribution in [1.29, 1.82) is 0 Å². The largest absolute Gasteiger partial charge is 0.342 e. The van der Waals surface area contributed by atoms with Gasteiger partial charge in [0.25, 0.3) is 0 Å². The third-order valence-electron chi connectivity index (χ3n) is 3.81. The van der Waals surface area contributed by atoms with Crippen LogP contribution in [0.25, 0.3) is 0 Å². The zero-order valence-corrected chi connectivity index (χ0v) is 11.5. The molecule has 2 aliphatic rings. The highest BCUT2D eigenvalue weighted by Gasteiger charge is 2.31. The Labute approximate surface area is 109 Å². The Morgan fingerprint density at radius 2 is 1.83 bits per heavy atom. The van der Waals surface area contributed by atoms with Gasteiger partial charge in [0.15, 0.2) is 9.84 Å². The lowest BCUT2D eigenvalue weighted by molar-refractivity contribution is -0.127. The second-order valence-electron chi connectivity index (χ2n) is 5.20. The van der Waals surface area contributed by atoms with Crippen molar-refractivity contribution in [2.24, 2.45) is 0 Å². The highest BCUT2D eigenvalue weighted by atomic mass is 32.2. The number of likely N-dealkylation sites (tertiary alicyclic amines) is 1. The number of carbonyl (C=O) groups is 1. The number of hydrogen-bond acceptors (Lipinski definition) is 4. The Morgan fingerprint density at radius 3 is 2.56 bits per heavy atom. The summed E-state index contributed by atoms with van der Waals surface area (Å²) in [6.07, 6.45) is 4.19. The first kappa shape index (κ1) is 13.8. The molecule has 1 amide bonds. The minimum Gasteiger partial charge on any atom is -0.342 e. The van der Waals surface area contributed by atoms with Crippen LogP contribution in [0.3, 0.4) is 0 Å². The quantitative estimate of drug-likeness (QED) is 0.796. The summed E-state index contributed by atoms with van der Waals surface area (Å²) >= 11 is 0. The highest BCUT2D eigenvalue weighted by Crippen LogP contribution is 2.17. The van der Waals surface area contributed by atoms with Crippen LogP contribution in [0.15, 0.2) is 0 Å². The first-order valence-corrected chi connectivity index (χ1v) is 8.51. The molecule has 0 bridgehead atoms. The molecule has 2 fully saturated rings. The fourth-order valence-corrected chi connectivity index (χ4v) is 4.46. The van der Waals surface area contributed by atoms with Crippen LogP contribution in [0.1, 0.15) is 32.1 Å². The van der Waals surface area contributed by atoms with Crippen LogP contribution in [-0.2, 0) is 14.6 Å². The van der Waals surface area contributed by atoms with E-state index < -0.39 is 9.84 Å². The van der Waals surface area contributed by atoms with E-state index in [1.165, 1.54) is 0 Å². The summed E-state index contributed by atoms with van der Waals surface area (Å²) < 4.78 is 24.5. The van der Waals surface area contributed by atoms with Crippen molar-refractivity contribution in [2.75, 3.05) is 31.9 Å². The molecule has 0 radical (unpaired) electrons. The fourth-order valence-electron chi connectivity index (χ4n) is 2.69. The lowest BCUT2D eigenvalue weighted by Gasteiger charge is -2.18. The maximum Gasteiger partial charge on any atom is 0.237 e. The smallest absolute Gasteiger partial charge is 0.237 e. The van der Waals surface area contributed by atoms with Gasteiger partial charge in [0.1, 0.15) is 5.75 Å². The molecule has 2 heterocycles. The molecule has 0 spiro atoms. The van der Waals surface area contributed by atoms with Gasteiger partial charge in [0, 0.05) is 13.1 Å². The Kier molecular flexibility index (Phi) is 4.61. The number of nitrogens with one attached hydrogen (secondary N) is 1. The van der Waals surface area contributed by atoms with E-state index in [9.17, 15) is 13.2 Å². The van der Waals surface area contributed by atoms with Crippen molar-refractivity contribution in [1.82, 2.24) is 10.2 Å². The van der Waals surface area contributed by atoms with Gasteiger partial charge in [0.2, 0.25) is 5.91 Å². The molecule has 1 unspecified atom stereocenters. The molecule has 0 aromatic carbocycles.